The monoisotopic (exact) mass is 375 g/mol. The van der Waals surface area contributed by atoms with Crippen LogP contribution in [-0.2, 0) is 17.8 Å². The second kappa shape index (κ2) is 9.12. The number of thiazole rings is 1. The van der Waals surface area contributed by atoms with Crippen LogP contribution in [0.2, 0.25) is 0 Å². The third-order valence-corrected chi connectivity index (χ3v) is 5.08. The Bertz CT molecular complexity index is 728. The predicted octanol–water partition coefficient (Wildman–Crippen LogP) is 2.65. The van der Waals surface area contributed by atoms with Gasteiger partial charge in [0.1, 0.15) is 10.8 Å². The van der Waals surface area contributed by atoms with Gasteiger partial charge in [-0.05, 0) is 25.1 Å². The van der Waals surface area contributed by atoms with Crippen LogP contribution in [-0.4, -0.2) is 60.6 Å². The fourth-order valence-corrected chi connectivity index (χ4v) is 3.69. The number of hydrogen-bond acceptors (Lipinski definition) is 6. The summed E-state index contributed by atoms with van der Waals surface area (Å²) in [7, 11) is 1.80. The van der Waals surface area contributed by atoms with Crippen LogP contribution in [0, 0.1) is 0 Å². The molecule has 7 heteroatoms. The topological polar surface area (TPSA) is 54.9 Å². The Kier molecular flexibility index (Phi) is 6.60. The quantitative estimate of drug-likeness (QED) is 0.745. The Morgan fingerprint density at radius 3 is 2.96 bits per heavy atom. The molecule has 0 radical (unpaired) electrons. The molecule has 1 saturated heterocycles. The Hall–Kier alpha value is -1.96. The van der Waals surface area contributed by atoms with Gasteiger partial charge in [0.05, 0.1) is 38.6 Å². The van der Waals surface area contributed by atoms with E-state index < -0.39 is 0 Å². The Balaban J connectivity index is 1.58. The molecule has 140 valence electrons. The Morgan fingerprint density at radius 1 is 1.38 bits per heavy atom. The van der Waals surface area contributed by atoms with E-state index in [1.807, 2.05) is 30.5 Å². The first kappa shape index (κ1) is 18.8. The molecule has 1 aliphatic heterocycles. The summed E-state index contributed by atoms with van der Waals surface area (Å²) in [6.07, 6.45) is 0. The van der Waals surface area contributed by atoms with Crippen molar-refractivity contribution < 1.29 is 14.3 Å². The molecule has 0 atom stereocenters. The second-order valence-electron chi connectivity index (χ2n) is 6.24. The normalized spacial score (nSPS) is 15.0. The van der Waals surface area contributed by atoms with Crippen LogP contribution in [0.3, 0.4) is 0 Å². The number of nitrogens with zero attached hydrogens (tertiary/aromatic N) is 3. The number of carbonyl (C=O) groups excluding carboxylic acids is 1. The molecule has 1 aliphatic rings. The highest BCUT2D eigenvalue weighted by Gasteiger charge is 2.16. The number of ether oxygens (including phenoxy) is 2. The molecule has 1 fully saturated rings. The minimum absolute atomic E-state index is 0.0331. The fourth-order valence-electron chi connectivity index (χ4n) is 2.87. The van der Waals surface area contributed by atoms with Gasteiger partial charge in [-0.1, -0.05) is 6.07 Å². The number of morpholine rings is 1. The van der Waals surface area contributed by atoms with Crippen LogP contribution in [0.15, 0.2) is 29.6 Å². The van der Waals surface area contributed by atoms with E-state index in [1.54, 1.807) is 29.4 Å². The first-order valence-electron chi connectivity index (χ1n) is 8.87. The molecule has 0 bridgehead atoms. The van der Waals surface area contributed by atoms with Gasteiger partial charge in [0.15, 0.2) is 0 Å². The van der Waals surface area contributed by atoms with Gasteiger partial charge >= 0.3 is 0 Å². The molecule has 0 N–H and O–H groups in total. The molecular formula is C19H25N3O3S. The number of aromatic nitrogens is 1. The minimum atomic E-state index is -0.0331. The lowest BCUT2D eigenvalue weighted by Crippen LogP contribution is -2.35. The van der Waals surface area contributed by atoms with Crippen molar-refractivity contribution in [1.29, 1.82) is 0 Å². The maximum absolute atomic E-state index is 12.7. The van der Waals surface area contributed by atoms with Gasteiger partial charge in [0, 0.05) is 31.1 Å². The average Bonchev–Trinajstić information content (AvgIpc) is 3.09. The standard InChI is InChI=1S/C19H25N3O3S/c1-3-25-17-6-4-5-15(11-17)19(23)21(2)12-16-14-26-18(20-16)13-22-7-9-24-10-8-22/h4-6,11,14H,3,7-10,12-13H2,1-2H3. The maximum Gasteiger partial charge on any atom is 0.254 e. The first-order valence-corrected chi connectivity index (χ1v) is 9.75. The lowest BCUT2D eigenvalue weighted by molar-refractivity contribution is 0.0341. The Morgan fingerprint density at radius 2 is 2.19 bits per heavy atom. The van der Waals surface area contributed by atoms with Crippen LogP contribution in [0.25, 0.3) is 0 Å². The van der Waals surface area contributed by atoms with Crippen molar-refractivity contribution in [1.82, 2.24) is 14.8 Å². The van der Waals surface area contributed by atoms with Crippen molar-refractivity contribution in [3.8, 4) is 5.75 Å². The molecule has 6 nitrogen and oxygen atoms in total. The lowest BCUT2D eigenvalue weighted by Gasteiger charge is -2.25. The summed E-state index contributed by atoms with van der Waals surface area (Å²) in [6.45, 7) is 7.33. The summed E-state index contributed by atoms with van der Waals surface area (Å²) >= 11 is 1.65. The van der Waals surface area contributed by atoms with Gasteiger partial charge in [0.25, 0.3) is 5.91 Å². The number of hydrogen-bond donors (Lipinski definition) is 0. The van der Waals surface area contributed by atoms with Crippen molar-refractivity contribution >= 4 is 17.2 Å². The summed E-state index contributed by atoms with van der Waals surface area (Å²) in [5, 5.41) is 3.12. The molecule has 1 amide bonds. The summed E-state index contributed by atoms with van der Waals surface area (Å²) in [4.78, 5) is 21.4. The second-order valence-corrected chi connectivity index (χ2v) is 7.19. The van der Waals surface area contributed by atoms with E-state index in [1.165, 1.54) is 0 Å². The van der Waals surface area contributed by atoms with E-state index in [0.717, 1.165) is 43.5 Å². The summed E-state index contributed by atoms with van der Waals surface area (Å²) in [6, 6.07) is 7.30. The summed E-state index contributed by atoms with van der Waals surface area (Å²) < 4.78 is 10.9. The molecule has 0 spiro atoms. The van der Waals surface area contributed by atoms with E-state index in [2.05, 4.69) is 9.88 Å². The third-order valence-electron chi connectivity index (χ3n) is 4.20. The molecule has 1 aromatic carbocycles. The highest BCUT2D eigenvalue weighted by Crippen LogP contribution is 2.17. The minimum Gasteiger partial charge on any atom is -0.494 e. The number of rotatable bonds is 7. The van der Waals surface area contributed by atoms with Crippen LogP contribution in [0.4, 0.5) is 0 Å². The van der Waals surface area contributed by atoms with Crippen LogP contribution < -0.4 is 4.74 Å². The molecule has 2 aromatic rings. The maximum atomic E-state index is 12.7. The van der Waals surface area contributed by atoms with Crippen LogP contribution >= 0.6 is 11.3 Å². The molecule has 26 heavy (non-hydrogen) atoms. The van der Waals surface area contributed by atoms with Gasteiger partial charge in [-0.3, -0.25) is 9.69 Å². The zero-order chi connectivity index (χ0) is 18.4. The van der Waals surface area contributed by atoms with E-state index in [4.69, 9.17) is 9.47 Å². The first-order chi connectivity index (χ1) is 12.7. The SMILES string of the molecule is CCOc1cccc(C(=O)N(C)Cc2csc(CN3CCOCC3)n2)c1. The number of benzene rings is 1. The average molecular weight is 375 g/mol. The molecule has 0 saturated carbocycles. The molecular weight excluding hydrogens is 350 g/mol. The molecule has 3 rings (SSSR count). The van der Waals surface area contributed by atoms with Gasteiger partial charge in [0.2, 0.25) is 0 Å². The molecule has 1 aromatic heterocycles. The van der Waals surface area contributed by atoms with Crippen molar-refractivity contribution in [2.24, 2.45) is 0 Å². The third kappa shape index (κ3) is 5.03. The highest BCUT2D eigenvalue weighted by atomic mass is 32.1. The smallest absolute Gasteiger partial charge is 0.254 e. The van der Waals surface area contributed by atoms with Gasteiger partial charge in [-0.25, -0.2) is 4.98 Å². The molecule has 2 heterocycles. The zero-order valence-electron chi connectivity index (χ0n) is 15.3. The highest BCUT2D eigenvalue weighted by molar-refractivity contribution is 7.09. The van der Waals surface area contributed by atoms with Crippen LogP contribution in [0.1, 0.15) is 28.0 Å². The van der Waals surface area contributed by atoms with Crippen molar-refractivity contribution in [2.45, 2.75) is 20.0 Å². The fraction of sp³-hybridized carbons (Fsp3) is 0.474. The predicted molar refractivity (Wildman–Crippen MR) is 102 cm³/mol. The largest absolute Gasteiger partial charge is 0.494 e. The van der Waals surface area contributed by atoms with E-state index in [9.17, 15) is 4.79 Å². The van der Waals surface area contributed by atoms with Crippen molar-refractivity contribution in [3.63, 3.8) is 0 Å². The van der Waals surface area contributed by atoms with Gasteiger partial charge < -0.3 is 14.4 Å². The molecule has 0 aliphatic carbocycles. The van der Waals surface area contributed by atoms with Crippen molar-refractivity contribution in [2.75, 3.05) is 40.0 Å². The van der Waals surface area contributed by atoms with Gasteiger partial charge in [-0.15, -0.1) is 11.3 Å². The lowest BCUT2D eigenvalue weighted by atomic mass is 10.2. The van der Waals surface area contributed by atoms with E-state index >= 15 is 0 Å². The molecule has 0 unspecified atom stereocenters. The number of carbonyl (C=O) groups is 1. The van der Waals surface area contributed by atoms with Crippen molar-refractivity contribution in [3.05, 3.63) is 45.9 Å². The zero-order valence-corrected chi connectivity index (χ0v) is 16.1. The summed E-state index contributed by atoms with van der Waals surface area (Å²) in [5.41, 5.74) is 1.55. The van der Waals surface area contributed by atoms with E-state index in [0.29, 0.717) is 24.5 Å². The number of amides is 1. The van der Waals surface area contributed by atoms with Crippen LogP contribution in [0.5, 0.6) is 5.75 Å². The Labute approximate surface area is 158 Å². The van der Waals surface area contributed by atoms with E-state index in [-0.39, 0.29) is 5.91 Å². The van der Waals surface area contributed by atoms with Gasteiger partial charge in [-0.2, -0.15) is 0 Å². The summed E-state index contributed by atoms with van der Waals surface area (Å²) in [5.74, 6) is 0.683.